The molecule has 2 atom stereocenters. The van der Waals surface area contributed by atoms with Crippen LogP contribution in [-0.2, 0) is 6.54 Å². The normalized spacial score (nSPS) is 14.9. The van der Waals surface area contributed by atoms with Crippen molar-refractivity contribution in [2.75, 3.05) is 12.9 Å². The van der Waals surface area contributed by atoms with Crippen LogP contribution in [-0.4, -0.2) is 29.3 Å². The van der Waals surface area contributed by atoms with Crippen molar-refractivity contribution in [3.8, 4) is 0 Å². The van der Waals surface area contributed by atoms with Crippen LogP contribution in [0.3, 0.4) is 0 Å². The van der Waals surface area contributed by atoms with E-state index in [1.54, 1.807) is 11.8 Å². The molecule has 0 fully saturated rings. The van der Waals surface area contributed by atoms with Gasteiger partial charge in [0.1, 0.15) is 0 Å². The van der Waals surface area contributed by atoms with Gasteiger partial charge in [-0.25, -0.2) is 0 Å². The molecule has 0 aliphatic carbocycles. The summed E-state index contributed by atoms with van der Waals surface area (Å²) in [5.41, 5.74) is 1.28. The van der Waals surface area contributed by atoms with Gasteiger partial charge in [0.2, 0.25) is 0 Å². The van der Waals surface area contributed by atoms with Crippen LogP contribution in [0.25, 0.3) is 0 Å². The molecule has 0 amide bonds. The number of hydrogen-bond donors (Lipinski definition) is 2. The minimum Gasteiger partial charge on any atom is -0.395 e. The summed E-state index contributed by atoms with van der Waals surface area (Å²) in [6.45, 7) is 3.20. The third kappa shape index (κ3) is 4.24. The summed E-state index contributed by atoms with van der Waals surface area (Å²) in [5.74, 6) is 0. The van der Waals surface area contributed by atoms with Gasteiger partial charge in [-0.05, 0) is 18.7 Å². The highest BCUT2D eigenvalue weighted by molar-refractivity contribution is 7.99. The molecule has 0 spiro atoms. The van der Waals surface area contributed by atoms with Crippen molar-refractivity contribution in [3.05, 3.63) is 35.9 Å². The van der Waals surface area contributed by atoms with Gasteiger partial charge >= 0.3 is 0 Å². The van der Waals surface area contributed by atoms with Crippen molar-refractivity contribution in [2.24, 2.45) is 0 Å². The second-order valence-corrected chi connectivity index (χ2v) is 4.69. The third-order valence-electron chi connectivity index (χ3n) is 2.51. The van der Waals surface area contributed by atoms with Crippen LogP contribution in [0.15, 0.2) is 30.3 Å². The average molecular weight is 225 g/mol. The summed E-state index contributed by atoms with van der Waals surface area (Å²) in [4.78, 5) is 0. The van der Waals surface area contributed by atoms with Crippen molar-refractivity contribution < 1.29 is 5.11 Å². The van der Waals surface area contributed by atoms with Crippen molar-refractivity contribution in [3.63, 3.8) is 0 Å². The number of thioether (sulfide) groups is 1. The maximum Gasteiger partial charge on any atom is 0.0564 e. The number of benzene rings is 1. The van der Waals surface area contributed by atoms with Gasteiger partial charge < -0.3 is 10.4 Å². The van der Waals surface area contributed by atoms with Crippen molar-refractivity contribution in [2.45, 2.75) is 24.8 Å². The van der Waals surface area contributed by atoms with Crippen LogP contribution >= 0.6 is 11.8 Å². The fourth-order valence-electron chi connectivity index (χ4n) is 1.44. The minimum atomic E-state index is 0.226. The van der Waals surface area contributed by atoms with E-state index in [9.17, 15) is 0 Å². The Kier molecular flexibility index (Phi) is 5.76. The fourth-order valence-corrected chi connectivity index (χ4v) is 2.10. The van der Waals surface area contributed by atoms with Crippen LogP contribution in [0.1, 0.15) is 12.5 Å². The molecule has 1 aromatic carbocycles. The first-order chi connectivity index (χ1) is 7.27. The first-order valence-electron chi connectivity index (χ1n) is 5.19. The Morgan fingerprint density at radius 2 is 2.00 bits per heavy atom. The number of aliphatic hydroxyl groups is 1. The summed E-state index contributed by atoms with van der Waals surface area (Å²) in [5, 5.41) is 12.8. The third-order valence-corrected chi connectivity index (χ3v) is 3.67. The summed E-state index contributed by atoms with van der Waals surface area (Å²) in [6.07, 6.45) is 2.03. The molecule has 0 heterocycles. The SMILES string of the molecule is CSC(CO)C(C)NCc1ccccc1. The largest absolute Gasteiger partial charge is 0.395 e. The lowest BCUT2D eigenvalue weighted by atomic mass is 10.2. The molecule has 0 saturated heterocycles. The summed E-state index contributed by atoms with van der Waals surface area (Å²) in [6, 6.07) is 10.6. The molecule has 0 aliphatic rings. The van der Waals surface area contributed by atoms with E-state index >= 15 is 0 Å². The molecule has 3 heteroatoms. The topological polar surface area (TPSA) is 32.3 Å². The summed E-state index contributed by atoms with van der Waals surface area (Å²) in [7, 11) is 0. The van der Waals surface area contributed by atoms with E-state index in [0.29, 0.717) is 6.04 Å². The number of hydrogen-bond acceptors (Lipinski definition) is 3. The Morgan fingerprint density at radius 1 is 1.33 bits per heavy atom. The summed E-state index contributed by atoms with van der Waals surface area (Å²) < 4.78 is 0. The van der Waals surface area contributed by atoms with Crippen molar-refractivity contribution in [1.82, 2.24) is 5.32 Å². The van der Waals surface area contributed by atoms with Gasteiger partial charge in [-0.2, -0.15) is 11.8 Å². The van der Waals surface area contributed by atoms with Crippen molar-refractivity contribution in [1.29, 1.82) is 0 Å². The smallest absolute Gasteiger partial charge is 0.0564 e. The van der Waals surface area contributed by atoms with E-state index in [0.717, 1.165) is 6.54 Å². The highest BCUT2D eigenvalue weighted by Crippen LogP contribution is 2.10. The Bertz CT molecular complexity index is 262. The quantitative estimate of drug-likeness (QED) is 0.775. The molecule has 2 unspecified atom stereocenters. The molecule has 15 heavy (non-hydrogen) atoms. The molecule has 1 aromatic rings. The predicted octanol–water partition coefficient (Wildman–Crippen LogP) is 1.89. The Labute approximate surface area is 96.1 Å². The zero-order valence-electron chi connectivity index (χ0n) is 9.31. The van der Waals surface area contributed by atoms with Crippen LogP contribution in [0.5, 0.6) is 0 Å². The molecule has 2 N–H and O–H groups in total. The van der Waals surface area contributed by atoms with Crippen LogP contribution in [0, 0.1) is 0 Å². The van der Waals surface area contributed by atoms with Gasteiger partial charge in [0.15, 0.2) is 0 Å². The van der Waals surface area contributed by atoms with Gasteiger partial charge in [-0.1, -0.05) is 30.3 Å². The van der Waals surface area contributed by atoms with E-state index in [4.69, 9.17) is 5.11 Å². The molecule has 0 bridgehead atoms. The van der Waals surface area contributed by atoms with E-state index in [1.165, 1.54) is 5.56 Å². The average Bonchev–Trinajstić information content (AvgIpc) is 2.29. The molecule has 2 nitrogen and oxygen atoms in total. The van der Waals surface area contributed by atoms with E-state index in [2.05, 4.69) is 24.4 Å². The van der Waals surface area contributed by atoms with Gasteiger partial charge in [-0.15, -0.1) is 0 Å². The highest BCUT2D eigenvalue weighted by Gasteiger charge is 2.13. The second-order valence-electron chi connectivity index (χ2n) is 3.61. The molecule has 0 aromatic heterocycles. The lowest BCUT2D eigenvalue weighted by molar-refractivity contribution is 0.276. The second kappa shape index (κ2) is 6.88. The van der Waals surface area contributed by atoms with Crippen LogP contribution in [0.2, 0.25) is 0 Å². The van der Waals surface area contributed by atoms with Gasteiger partial charge in [-0.3, -0.25) is 0 Å². The lowest BCUT2D eigenvalue weighted by Gasteiger charge is -2.21. The standard InChI is InChI=1S/C12H19NOS/c1-10(12(9-14)15-2)13-8-11-6-4-3-5-7-11/h3-7,10,12-14H,8-9H2,1-2H3. The monoisotopic (exact) mass is 225 g/mol. The van der Waals surface area contributed by atoms with Crippen LogP contribution < -0.4 is 5.32 Å². The number of aliphatic hydroxyl groups excluding tert-OH is 1. The zero-order chi connectivity index (χ0) is 11.1. The molecule has 0 saturated carbocycles. The van der Waals surface area contributed by atoms with E-state index in [1.807, 2.05) is 24.5 Å². The first-order valence-corrected chi connectivity index (χ1v) is 6.47. The fraction of sp³-hybridized carbons (Fsp3) is 0.500. The van der Waals surface area contributed by atoms with E-state index < -0.39 is 0 Å². The summed E-state index contributed by atoms with van der Waals surface area (Å²) >= 11 is 1.70. The molecule has 0 radical (unpaired) electrons. The van der Waals surface area contributed by atoms with Gasteiger partial charge in [0.25, 0.3) is 0 Å². The lowest BCUT2D eigenvalue weighted by Crippen LogP contribution is -2.37. The Morgan fingerprint density at radius 3 is 2.53 bits per heavy atom. The number of rotatable bonds is 6. The van der Waals surface area contributed by atoms with Gasteiger partial charge in [0, 0.05) is 17.8 Å². The maximum atomic E-state index is 9.13. The first kappa shape index (κ1) is 12.6. The molecular weight excluding hydrogens is 206 g/mol. The zero-order valence-corrected chi connectivity index (χ0v) is 10.1. The highest BCUT2D eigenvalue weighted by atomic mass is 32.2. The van der Waals surface area contributed by atoms with Crippen molar-refractivity contribution >= 4 is 11.8 Å². The molecule has 84 valence electrons. The molecule has 1 rings (SSSR count). The van der Waals surface area contributed by atoms with E-state index in [-0.39, 0.29) is 11.9 Å². The minimum absolute atomic E-state index is 0.226. The van der Waals surface area contributed by atoms with Gasteiger partial charge in [0.05, 0.1) is 6.61 Å². The molecular formula is C12H19NOS. The molecule has 0 aliphatic heterocycles. The number of nitrogens with one attached hydrogen (secondary N) is 1. The maximum absolute atomic E-state index is 9.13. The Hall–Kier alpha value is -0.510. The van der Waals surface area contributed by atoms with Crippen LogP contribution in [0.4, 0.5) is 0 Å². The predicted molar refractivity (Wildman–Crippen MR) is 67.1 cm³/mol. The Balaban J connectivity index is 2.36.